The van der Waals surface area contributed by atoms with Crippen LogP contribution in [-0.4, -0.2) is 24.1 Å². The van der Waals surface area contributed by atoms with E-state index in [1.807, 2.05) is 18.2 Å². The van der Waals surface area contributed by atoms with Gasteiger partial charge in [0.15, 0.2) is 0 Å². The van der Waals surface area contributed by atoms with Crippen LogP contribution in [0.4, 0.5) is 10.5 Å². The van der Waals surface area contributed by atoms with Gasteiger partial charge in [-0.2, -0.15) is 5.01 Å². The van der Waals surface area contributed by atoms with Crippen LogP contribution in [0.25, 0.3) is 0 Å². The van der Waals surface area contributed by atoms with Gasteiger partial charge in [0, 0.05) is 6.20 Å². The van der Waals surface area contributed by atoms with Crippen molar-refractivity contribution < 1.29 is 14.3 Å². The molecule has 0 radical (unpaired) electrons. The van der Waals surface area contributed by atoms with Crippen LogP contribution in [0.5, 0.6) is 0 Å². The highest BCUT2D eigenvalue weighted by molar-refractivity contribution is 5.90. The second kappa shape index (κ2) is 5.67. The Hall–Kier alpha value is -2.56. The molecule has 0 bridgehead atoms. The molecule has 0 unspecified atom stereocenters. The number of amides is 1. The quantitative estimate of drug-likeness (QED) is 0.603. The van der Waals surface area contributed by atoms with Crippen LogP contribution in [0.15, 0.2) is 54.8 Å². The molecule has 0 aromatic heterocycles. The van der Waals surface area contributed by atoms with Gasteiger partial charge in [-0.05, 0) is 18.2 Å². The molecule has 0 saturated heterocycles. The molecule has 0 aliphatic carbocycles. The predicted octanol–water partition coefficient (Wildman–Crippen LogP) is 2.09. The zero-order chi connectivity index (χ0) is 12.8. The van der Waals surface area contributed by atoms with E-state index in [0.29, 0.717) is 12.2 Å². The Morgan fingerprint density at radius 2 is 2.06 bits per heavy atom. The van der Waals surface area contributed by atoms with Gasteiger partial charge in [-0.1, -0.05) is 30.4 Å². The molecule has 0 atom stereocenters. The number of carbonyl (C=O) groups is 2. The fraction of sp³-hybridized carbons (Fsp3) is 0.0769. The van der Waals surface area contributed by atoms with Gasteiger partial charge in [0.2, 0.25) is 0 Å². The van der Waals surface area contributed by atoms with E-state index in [4.69, 9.17) is 0 Å². The lowest BCUT2D eigenvalue weighted by Gasteiger charge is -2.32. The number of rotatable bonds is 3. The molecular formula is C13H12N2O3. The smallest absolute Gasteiger partial charge is 0.377 e. The van der Waals surface area contributed by atoms with Crippen molar-refractivity contribution in [2.24, 2.45) is 0 Å². The number of nitrogens with zero attached hydrogens (tertiary/aromatic N) is 2. The van der Waals surface area contributed by atoms with E-state index in [1.54, 1.807) is 41.6 Å². The summed E-state index contributed by atoms with van der Waals surface area (Å²) in [6, 6.07) is 8.98. The number of carbonyl (C=O) groups excluding carboxylic acids is 2. The van der Waals surface area contributed by atoms with E-state index in [2.05, 4.69) is 4.74 Å². The molecule has 1 amide bonds. The van der Waals surface area contributed by atoms with Crippen molar-refractivity contribution in [1.82, 2.24) is 5.01 Å². The monoisotopic (exact) mass is 244 g/mol. The molecule has 0 saturated carbocycles. The van der Waals surface area contributed by atoms with E-state index < -0.39 is 6.09 Å². The summed E-state index contributed by atoms with van der Waals surface area (Å²) >= 11 is 0. The lowest BCUT2D eigenvalue weighted by molar-refractivity contribution is -0.123. The van der Waals surface area contributed by atoms with Crippen molar-refractivity contribution in [3.63, 3.8) is 0 Å². The van der Waals surface area contributed by atoms with Crippen LogP contribution < -0.4 is 5.01 Å². The summed E-state index contributed by atoms with van der Waals surface area (Å²) in [4.78, 5) is 22.1. The topological polar surface area (TPSA) is 49.9 Å². The fourth-order valence-corrected chi connectivity index (χ4v) is 1.62. The average Bonchev–Trinajstić information content (AvgIpc) is 2.42. The number of para-hydroxylation sites is 1. The van der Waals surface area contributed by atoms with Gasteiger partial charge in [-0.15, -0.1) is 0 Å². The Balaban J connectivity index is 2.28. The number of hydrogen-bond donors (Lipinski definition) is 0. The minimum Gasteiger partial charge on any atom is -0.377 e. The Kier molecular flexibility index (Phi) is 3.76. The van der Waals surface area contributed by atoms with Crippen molar-refractivity contribution in [3.8, 4) is 0 Å². The number of benzene rings is 1. The fourth-order valence-electron chi connectivity index (χ4n) is 1.62. The zero-order valence-corrected chi connectivity index (χ0v) is 9.60. The molecule has 1 aromatic carbocycles. The molecule has 1 heterocycles. The van der Waals surface area contributed by atoms with E-state index in [-0.39, 0.29) is 6.47 Å². The van der Waals surface area contributed by atoms with Crippen molar-refractivity contribution in [1.29, 1.82) is 0 Å². The molecule has 1 aliphatic heterocycles. The third-order valence-electron chi connectivity index (χ3n) is 2.38. The van der Waals surface area contributed by atoms with Crippen LogP contribution in [0.2, 0.25) is 0 Å². The Labute approximate surface area is 105 Å². The standard InChI is InChI=1S/C13H12N2O3/c16-11-18-13(17)15(12-7-3-1-4-8-12)14-9-5-2-6-10-14/h1-9,11H,10H2. The van der Waals surface area contributed by atoms with Gasteiger partial charge in [0.25, 0.3) is 0 Å². The first kappa shape index (κ1) is 11.9. The van der Waals surface area contributed by atoms with Crippen molar-refractivity contribution in [3.05, 3.63) is 54.8 Å². The van der Waals surface area contributed by atoms with E-state index in [9.17, 15) is 9.59 Å². The number of ether oxygens (including phenoxy) is 1. The van der Waals surface area contributed by atoms with Crippen molar-refractivity contribution in [2.75, 3.05) is 11.6 Å². The van der Waals surface area contributed by atoms with Crippen LogP contribution in [-0.2, 0) is 9.53 Å². The summed E-state index contributed by atoms with van der Waals surface area (Å²) in [5.74, 6) is 0. The van der Waals surface area contributed by atoms with Crippen LogP contribution in [0, 0.1) is 0 Å². The molecule has 0 N–H and O–H groups in total. The summed E-state index contributed by atoms with van der Waals surface area (Å²) in [6.45, 7) is 0.654. The number of hydrazine groups is 1. The van der Waals surface area contributed by atoms with E-state index in [1.165, 1.54) is 5.01 Å². The summed E-state index contributed by atoms with van der Waals surface area (Å²) < 4.78 is 4.42. The Bertz CT molecular complexity index is 482. The molecule has 5 heteroatoms. The van der Waals surface area contributed by atoms with Gasteiger partial charge in [-0.3, -0.25) is 9.80 Å². The minimum atomic E-state index is -0.740. The summed E-state index contributed by atoms with van der Waals surface area (Å²) in [7, 11) is 0. The van der Waals surface area contributed by atoms with Crippen molar-refractivity contribution in [2.45, 2.75) is 0 Å². The maximum Gasteiger partial charge on any atom is 0.441 e. The zero-order valence-electron chi connectivity index (χ0n) is 9.60. The maximum absolute atomic E-state index is 11.8. The summed E-state index contributed by atoms with van der Waals surface area (Å²) in [5, 5.41) is 2.95. The molecule has 0 spiro atoms. The predicted molar refractivity (Wildman–Crippen MR) is 66.5 cm³/mol. The lowest BCUT2D eigenvalue weighted by atomic mass is 10.3. The van der Waals surface area contributed by atoms with Crippen molar-refractivity contribution >= 4 is 18.3 Å². The first-order valence-corrected chi connectivity index (χ1v) is 5.42. The minimum absolute atomic E-state index is 0.127. The molecular weight excluding hydrogens is 232 g/mol. The van der Waals surface area contributed by atoms with E-state index >= 15 is 0 Å². The molecule has 18 heavy (non-hydrogen) atoms. The first-order chi connectivity index (χ1) is 8.83. The lowest BCUT2D eigenvalue weighted by Crippen LogP contribution is -2.44. The van der Waals surface area contributed by atoms with Gasteiger partial charge in [0.05, 0.1) is 12.2 Å². The van der Waals surface area contributed by atoms with Gasteiger partial charge in [-0.25, -0.2) is 4.79 Å². The summed E-state index contributed by atoms with van der Waals surface area (Å²) in [6.07, 6.45) is 6.57. The second-order valence-corrected chi connectivity index (χ2v) is 3.52. The largest absolute Gasteiger partial charge is 0.441 e. The molecule has 0 fully saturated rings. The summed E-state index contributed by atoms with van der Waals surface area (Å²) in [5.41, 5.74) is 0.629. The molecule has 1 aromatic rings. The molecule has 1 aliphatic rings. The molecule has 92 valence electrons. The highest BCUT2D eigenvalue weighted by atomic mass is 16.6. The second-order valence-electron chi connectivity index (χ2n) is 3.52. The normalized spacial score (nSPS) is 13.2. The SMILES string of the molecule is O=COC(=O)N(c1ccccc1)N1C=CC=CC1. The number of anilines is 1. The third kappa shape index (κ3) is 2.57. The number of hydrogen-bond acceptors (Lipinski definition) is 4. The Morgan fingerprint density at radius 3 is 2.67 bits per heavy atom. The van der Waals surface area contributed by atoms with Gasteiger partial charge >= 0.3 is 12.6 Å². The van der Waals surface area contributed by atoms with E-state index in [0.717, 1.165) is 0 Å². The van der Waals surface area contributed by atoms with Crippen LogP contribution in [0.3, 0.4) is 0 Å². The van der Waals surface area contributed by atoms with Crippen LogP contribution in [0.1, 0.15) is 0 Å². The van der Waals surface area contributed by atoms with Gasteiger partial charge < -0.3 is 4.74 Å². The molecule has 5 nitrogen and oxygen atoms in total. The maximum atomic E-state index is 11.8. The highest BCUT2D eigenvalue weighted by Crippen LogP contribution is 2.18. The third-order valence-corrected chi connectivity index (χ3v) is 2.38. The highest BCUT2D eigenvalue weighted by Gasteiger charge is 2.22. The van der Waals surface area contributed by atoms with Gasteiger partial charge in [0.1, 0.15) is 0 Å². The molecule has 2 rings (SSSR count). The first-order valence-electron chi connectivity index (χ1n) is 5.42. The Morgan fingerprint density at radius 1 is 1.28 bits per heavy atom. The van der Waals surface area contributed by atoms with Crippen LogP contribution >= 0.6 is 0 Å². The number of allylic oxidation sites excluding steroid dienone is 2. The average molecular weight is 244 g/mol.